The fraction of sp³-hybridized carbons (Fsp3) is 0.182. The number of methoxy groups -OCH3 is 4. The second-order valence-electron chi connectivity index (χ2n) is 13.1. The van der Waals surface area contributed by atoms with Crippen molar-refractivity contribution in [3.8, 4) is 23.0 Å². The Morgan fingerprint density at radius 1 is 0.544 bits per heavy atom. The molecule has 1 aliphatic rings. The first-order valence-electron chi connectivity index (χ1n) is 17.9. The molecule has 57 heavy (non-hydrogen) atoms. The third-order valence-corrected chi connectivity index (χ3v) is 12.1. The van der Waals surface area contributed by atoms with Gasteiger partial charge in [0.1, 0.15) is 23.0 Å². The minimum Gasteiger partial charge on any atom is -0.748 e. The van der Waals surface area contributed by atoms with Crippen molar-refractivity contribution < 1.29 is 61.5 Å². The van der Waals surface area contributed by atoms with Gasteiger partial charge >= 0.3 is 29.6 Å². The summed E-state index contributed by atoms with van der Waals surface area (Å²) in [7, 11) is 2.11. The van der Waals surface area contributed by atoms with Crippen LogP contribution >= 0.6 is 11.8 Å². The topological polar surface area (TPSA) is 104 Å². The number of rotatable bonds is 14. The van der Waals surface area contributed by atoms with E-state index in [2.05, 4.69) is 51.1 Å². The van der Waals surface area contributed by atoms with E-state index in [-0.39, 0.29) is 36.0 Å². The number of hydrogen-bond donors (Lipinski definition) is 0. The Kier molecular flexibility index (Phi) is 13.3. The molecule has 0 aromatic heterocycles. The van der Waals surface area contributed by atoms with Gasteiger partial charge in [-0.1, -0.05) is 11.8 Å². The first-order chi connectivity index (χ1) is 27.1. The molecule has 1 aliphatic heterocycles. The summed E-state index contributed by atoms with van der Waals surface area (Å²) < 4.78 is 57.9. The van der Waals surface area contributed by atoms with Crippen molar-refractivity contribution in [2.45, 2.75) is 28.4 Å². The van der Waals surface area contributed by atoms with Crippen molar-refractivity contribution >= 4 is 67.4 Å². The third-order valence-electron chi connectivity index (χ3n) is 9.78. The summed E-state index contributed by atoms with van der Waals surface area (Å²) >= 11 is 1.64. The number of ether oxygens (including phenoxy) is 4. The van der Waals surface area contributed by atoms with Crippen molar-refractivity contribution in [1.82, 2.24) is 0 Å². The average Bonchev–Trinajstić information content (AvgIpc) is 3.23. The Balaban J connectivity index is 0.00000549. The maximum atomic E-state index is 12.0. The second kappa shape index (κ2) is 18.2. The van der Waals surface area contributed by atoms with E-state index in [0.29, 0.717) is 6.54 Å². The van der Waals surface area contributed by atoms with E-state index in [9.17, 15) is 13.0 Å². The Morgan fingerprint density at radius 3 is 1.12 bits per heavy atom. The monoisotopic (exact) mass is 811 g/mol. The zero-order chi connectivity index (χ0) is 39.4. The third kappa shape index (κ3) is 9.17. The number of fused-ring (bicyclic) bond motifs is 2. The summed E-state index contributed by atoms with van der Waals surface area (Å²) in [5.41, 5.74) is 7.39. The van der Waals surface area contributed by atoms with Crippen molar-refractivity contribution in [3.05, 3.63) is 133 Å². The maximum absolute atomic E-state index is 12.0. The van der Waals surface area contributed by atoms with E-state index >= 15 is 0 Å². The molecule has 1 heterocycles. The average molecular weight is 812 g/mol. The normalized spacial score (nSPS) is 12.4. The van der Waals surface area contributed by atoms with Gasteiger partial charge in [-0.05, 0) is 147 Å². The summed E-state index contributed by atoms with van der Waals surface area (Å²) in [6.07, 6.45) is 0.159. The van der Waals surface area contributed by atoms with E-state index in [4.69, 9.17) is 18.9 Å². The van der Waals surface area contributed by atoms with Crippen LogP contribution in [0.4, 0.5) is 45.5 Å². The Morgan fingerprint density at radius 2 is 0.842 bits per heavy atom. The molecule has 0 fully saturated rings. The molecule has 0 spiro atoms. The van der Waals surface area contributed by atoms with Gasteiger partial charge in [0.2, 0.25) is 0 Å². The van der Waals surface area contributed by atoms with Crippen molar-refractivity contribution in [2.24, 2.45) is 0 Å². The van der Waals surface area contributed by atoms with Crippen LogP contribution in [0.25, 0.3) is 0 Å². The minimum absolute atomic E-state index is 0. The van der Waals surface area contributed by atoms with Gasteiger partial charge in [-0.15, -0.1) is 0 Å². The van der Waals surface area contributed by atoms with Crippen molar-refractivity contribution in [3.63, 3.8) is 0 Å². The molecule has 6 aromatic rings. The molecule has 7 rings (SSSR count). The zero-order valence-corrected chi connectivity index (χ0v) is 36.3. The molecule has 1 unspecified atom stereocenters. The van der Waals surface area contributed by atoms with Gasteiger partial charge in [0.15, 0.2) is 0 Å². The summed E-state index contributed by atoms with van der Waals surface area (Å²) in [5.74, 6) is 3.00. The van der Waals surface area contributed by atoms with Gasteiger partial charge < -0.3 is 38.2 Å². The number of anilines is 8. The van der Waals surface area contributed by atoms with Crippen LogP contribution in [-0.4, -0.2) is 53.2 Å². The number of hydrogen-bond acceptors (Lipinski definition) is 11. The molecule has 10 nitrogen and oxygen atoms in total. The van der Waals surface area contributed by atoms with Gasteiger partial charge in [0.25, 0.3) is 0 Å². The SMILES string of the molecule is COc1ccc(N(c2ccc(OC)cc2)c2ccc3c(c2)Sc2cc(N(c4ccc(OC)cc4)c4ccc(OC)cc4)ccc2N3CCC(C)S(=O)(=O)[O-])cc1.[Na+]. The molecule has 0 amide bonds. The zero-order valence-electron chi connectivity index (χ0n) is 32.7. The Hall–Kier alpha value is -4.82. The van der Waals surface area contributed by atoms with Crippen LogP contribution < -0.4 is 63.2 Å². The van der Waals surface area contributed by atoms with Crippen LogP contribution in [0.2, 0.25) is 0 Å². The van der Waals surface area contributed by atoms with Gasteiger partial charge in [0.05, 0.1) is 49.9 Å². The molecular weight excluding hydrogens is 770 g/mol. The molecule has 0 N–H and O–H groups in total. The van der Waals surface area contributed by atoms with E-state index in [1.165, 1.54) is 6.92 Å². The molecule has 0 bridgehead atoms. The maximum Gasteiger partial charge on any atom is 1.00 e. The largest absolute Gasteiger partial charge is 1.00 e. The first-order valence-corrected chi connectivity index (χ1v) is 20.2. The first kappa shape index (κ1) is 41.8. The van der Waals surface area contributed by atoms with Crippen LogP contribution in [0.3, 0.4) is 0 Å². The summed E-state index contributed by atoms with van der Waals surface area (Å²) in [6.45, 7) is 1.79. The Labute approximate surface area is 361 Å². The minimum atomic E-state index is -4.47. The number of nitrogens with zero attached hydrogens (tertiary/aromatic N) is 3. The van der Waals surface area contributed by atoms with Gasteiger partial charge in [0, 0.05) is 55.7 Å². The molecule has 6 aromatic carbocycles. The molecule has 0 aliphatic carbocycles. The van der Waals surface area contributed by atoms with Gasteiger partial charge in [-0.2, -0.15) is 0 Å². The quantitative estimate of drug-likeness (QED) is 0.0803. The second-order valence-corrected chi connectivity index (χ2v) is 16.0. The van der Waals surface area contributed by atoms with Crippen LogP contribution in [0.5, 0.6) is 23.0 Å². The van der Waals surface area contributed by atoms with Gasteiger partial charge in [-0.3, -0.25) is 0 Å². The Bertz CT molecular complexity index is 2160. The van der Waals surface area contributed by atoms with E-state index < -0.39 is 15.4 Å². The van der Waals surface area contributed by atoms with Crippen LogP contribution in [-0.2, 0) is 10.1 Å². The summed E-state index contributed by atoms with van der Waals surface area (Å²) in [5, 5.41) is -1.05. The predicted molar refractivity (Wildman–Crippen MR) is 223 cm³/mol. The molecule has 0 saturated heterocycles. The van der Waals surface area contributed by atoms with E-state index in [1.54, 1.807) is 40.2 Å². The molecule has 0 radical (unpaired) electrons. The molecule has 1 atom stereocenters. The van der Waals surface area contributed by atoms with Crippen molar-refractivity contribution in [2.75, 3.05) is 49.7 Å². The van der Waals surface area contributed by atoms with Crippen LogP contribution in [0.15, 0.2) is 143 Å². The van der Waals surface area contributed by atoms with E-state index in [1.807, 2.05) is 97.1 Å². The number of benzene rings is 6. The fourth-order valence-corrected chi connectivity index (χ4v) is 8.21. The predicted octanol–water partition coefficient (Wildman–Crippen LogP) is 7.59. The van der Waals surface area contributed by atoms with Crippen molar-refractivity contribution in [1.29, 1.82) is 0 Å². The summed E-state index contributed by atoms with van der Waals surface area (Å²) in [4.78, 5) is 8.38. The van der Waals surface area contributed by atoms with Crippen LogP contribution in [0, 0.1) is 0 Å². The fourth-order valence-electron chi connectivity index (χ4n) is 6.66. The molecule has 13 heteroatoms. The molecule has 0 saturated carbocycles. The van der Waals surface area contributed by atoms with Gasteiger partial charge in [-0.25, -0.2) is 8.42 Å². The molecule has 288 valence electrons. The van der Waals surface area contributed by atoms with Crippen LogP contribution in [0.1, 0.15) is 13.3 Å². The smallest absolute Gasteiger partial charge is 0.748 e. The standard InChI is InChI=1S/C44H43N3O7S2.Na/c1-30(56(48,49)50)26-27-45-41-24-14-35(46(31-6-16-37(51-2)17-7-31)32-8-18-38(52-3)19-9-32)28-43(41)55-44-29-36(15-25-42(44)45)47(33-10-20-39(53-4)21-11-33)34-12-22-40(54-5)23-13-34;/h6-25,28-30H,26-27H2,1-5H3,(H,48,49,50);/q;+1/p-1. The molecular formula is C44H42N3NaO7S2. The van der Waals surface area contributed by atoms with E-state index in [0.717, 1.165) is 78.3 Å². The summed E-state index contributed by atoms with van der Waals surface area (Å²) in [6, 6.07) is 44.1.